The first-order valence-corrected chi connectivity index (χ1v) is 10.4. The van der Waals surface area contributed by atoms with Crippen LogP contribution in [-0.2, 0) is 6.54 Å². The van der Waals surface area contributed by atoms with Gasteiger partial charge in [-0.3, -0.25) is 4.90 Å². The third kappa shape index (κ3) is 4.72. The Labute approximate surface area is 197 Å². The number of hydrogen-bond acceptors (Lipinski definition) is 2. The minimum atomic E-state index is 0. The molecule has 3 aromatic carbocycles. The maximum absolute atomic E-state index is 6.16. The number of nitrogens with zero attached hydrogens (tertiary/aromatic N) is 1. The molecule has 0 radical (unpaired) electrons. The first-order valence-electron chi connectivity index (χ1n) is 10.4. The van der Waals surface area contributed by atoms with Crippen LogP contribution in [0.25, 0.3) is 17.7 Å². The van der Waals surface area contributed by atoms with Gasteiger partial charge in [0.1, 0.15) is 0 Å². The lowest BCUT2D eigenvalue weighted by atomic mass is 9.86. The molecule has 1 aliphatic carbocycles. The zero-order valence-corrected chi connectivity index (χ0v) is 19.1. The quantitative estimate of drug-likeness (QED) is 0.344. The first kappa shape index (κ1) is 23.1. The number of anilines is 1. The molecular formula is C27H28Cl2N2. The summed E-state index contributed by atoms with van der Waals surface area (Å²) in [5.74, 6) is 0. The summed E-state index contributed by atoms with van der Waals surface area (Å²) in [5, 5.41) is 0. The molecule has 1 saturated heterocycles. The number of nitrogens with two attached hydrogens (primary N) is 1. The second-order valence-electron chi connectivity index (χ2n) is 7.96. The number of rotatable bonds is 2. The maximum atomic E-state index is 6.16. The third-order valence-corrected chi connectivity index (χ3v) is 6.16. The van der Waals surface area contributed by atoms with Crippen LogP contribution in [0, 0.1) is 0 Å². The number of benzene rings is 3. The summed E-state index contributed by atoms with van der Waals surface area (Å²) in [5.41, 5.74) is 16.7. The van der Waals surface area contributed by atoms with E-state index < -0.39 is 0 Å². The molecule has 1 aliphatic heterocycles. The molecule has 1 fully saturated rings. The molecular weight excluding hydrogens is 423 g/mol. The van der Waals surface area contributed by atoms with Gasteiger partial charge in [-0.05, 0) is 52.3 Å². The van der Waals surface area contributed by atoms with E-state index in [-0.39, 0.29) is 24.8 Å². The van der Waals surface area contributed by atoms with Crippen LogP contribution in [0.1, 0.15) is 40.7 Å². The Morgan fingerprint density at radius 3 is 1.77 bits per heavy atom. The van der Waals surface area contributed by atoms with Crippen LogP contribution in [0.3, 0.4) is 0 Å². The van der Waals surface area contributed by atoms with E-state index in [9.17, 15) is 0 Å². The summed E-state index contributed by atoms with van der Waals surface area (Å²) >= 11 is 0. The predicted molar refractivity (Wildman–Crippen MR) is 138 cm³/mol. The molecule has 2 N–H and O–H groups in total. The van der Waals surface area contributed by atoms with Gasteiger partial charge in [0.25, 0.3) is 0 Å². The molecule has 1 heterocycles. The topological polar surface area (TPSA) is 29.3 Å². The van der Waals surface area contributed by atoms with E-state index in [1.165, 1.54) is 33.4 Å². The minimum absolute atomic E-state index is 0. The normalized spacial score (nSPS) is 15.2. The highest BCUT2D eigenvalue weighted by Gasteiger charge is 2.22. The molecule has 4 heteroatoms. The van der Waals surface area contributed by atoms with Gasteiger partial charge in [0.15, 0.2) is 0 Å². The van der Waals surface area contributed by atoms with Crippen LogP contribution in [-0.4, -0.2) is 18.0 Å². The molecule has 0 aromatic heterocycles. The van der Waals surface area contributed by atoms with Gasteiger partial charge in [-0.15, -0.1) is 24.8 Å². The van der Waals surface area contributed by atoms with Crippen molar-refractivity contribution in [2.75, 3.05) is 18.8 Å². The molecule has 31 heavy (non-hydrogen) atoms. The lowest BCUT2D eigenvalue weighted by Crippen LogP contribution is -2.31. The molecule has 0 unspecified atom stereocenters. The van der Waals surface area contributed by atoms with Crippen molar-refractivity contribution in [2.45, 2.75) is 19.4 Å². The average molecular weight is 451 g/mol. The van der Waals surface area contributed by atoms with Gasteiger partial charge in [0, 0.05) is 25.3 Å². The lowest BCUT2D eigenvalue weighted by molar-refractivity contribution is 0.249. The van der Waals surface area contributed by atoms with Crippen LogP contribution in [0.15, 0.2) is 78.4 Å². The largest absolute Gasteiger partial charge is 0.398 e. The standard InChI is InChI=1S/C27H26N2.2ClH/c28-26-12-6-3-9-23(26)19-29-17-15-22(16-18-29)27-24-10-4-1-7-20(24)13-14-21-8-2-5-11-25(21)27;;/h1-14H,15-19,28H2;2*1H. The van der Waals surface area contributed by atoms with Crippen LogP contribution in [0.5, 0.6) is 0 Å². The molecule has 0 bridgehead atoms. The van der Waals surface area contributed by atoms with Crippen molar-refractivity contribution < 1.29 is 0 Å². The molecule has 0 amide bonds. The number of piperidine rings is 1. The fourth-order valence-corrected chi connectivity index (χ4v) is 4.60. The van der Waals surface area contributed by atoms with E-state index in [0.717, 1.165) is 38.2 Å². The molecule has 0 saturated carbocycles. The fraction of sp³-hybridized carbons (Fsp3) is 0.185. The zero-order valence-electron chi connectivity index (χ0n) is 17.5. The highest BCUT2D eigenvalue weighted by atomic mass is 35.5. The smallest absolute Gasteiger partial charge is 0.0359 e. The highest BCUT2D eigenvalue weighted by molar-refractivity contribution is 5.94. The van der Waals surface area contributed by atoms with E-state index in [4.69, 9.17) is 5.73 Å². The Bertz CT molecular complexity index is 1060. The highest BCUT2D eigenvalue weighted by Crippen LogP contribution is 2.38. The second-order valence-corrected chi connectivity index (χ2v) is 7.96. The molecule has 2 nitrogen and oxygen atoms in total. The van der Waals surface area contributed by atoms with Gasteiger partial charge >= 0.3 is 0 Å². The van der Waals surface area contributed by atoms with E-state index in [0.29, 0.717) is 0 Å². The Balaban J connectivity index is 0.00000136. The van der Waals surface area contributed by atoms with Gasteiger partial charge < -0.3 is 5.73 Å². The first-order chi connectivity index (χ1) is 14.3. The molecule has 160 valence electrons. The van der Waals surface area contributed by atoms with Crippen LogP contribution in [0.4, 0.5) is 5.69 Å². The van der Waals surface area contributed by atoms with Gasteiger partial charge in [0.05, 0.1) is 0 Å². The van der Waals surface area contributed by atoms with E-state index in [2.05, 4.69) is 77.7 Å². The lowest BCUT2D eigenvalue weighted by Gasteiger charge is -2.31. The minimum Gasteiger partial charge on any atom is -0.398 e. The maximum Gasteiger partial charge on any atom is 0.0359 e. The van der Waals surface area contributed by atoms with E-state index >= 15 is 0 Å². The van der Waals surface area contributed by atoms with Crippen molar-refractivity contribution in [1.29, 1.82) is 0 Å². The van der Waals surface area contributed by atoms with E-state index in [1.54, 1.807) is 5.57 Å². The summed E-state index contributed by atoms with van der Waals surface area (Å²) in [6, 6.07) is 25.8. The average Bonchev–Trinajstić information content (AvgIpc) is 2.93. The van der Waals surface area contributed by atoms with Gasteiger partial charge in [-0.25, -0.2) is 0 Å². The molecule has 2 aliphatic rings. The molecule has 0 spiro atoms. The molecule has 3 aromatic rings. The van der Waals surface area contributed by atoms with Gasteiger partial charge in [-0.2, -0.15) is 0 Å². The number of halogens is 2. The van der Waals surface area contributed by atoms with Crippen molar-refractivity contribution in [1.82, 2.24) is 4.90 Å². The molecule has 0 atom stereocenters. The second kappa shape index (κ2) is 10.2. The van der Waals surface area contributed by atoms with E-state index in [1.807, 2.05) is 12.1 Å². The number of likely N-dealkylation sites (tertiary alicyclic amines) is 1. The van der Waals surface area contributed by atoms with Crippen molar-refractivity contribution in [3.05, 3.63) is 106 Å². The fourth-order valence-electron chi connectivity index (χ4n) is 4.60. The van der Waals surface area contributed by atoms with Crippen LogP contribution in [0.2, 0.25) is 0 Å². The van der Waals surface area contributed by atoms with Crippen molar-refractivity contribution in [3.63, 3.8) is 0 Å². The number of nitrogen functional groups attached to an aromatic ring is 1. The third-order valence-electron chi connectivity index (χ3n) is 6.16. The summed E-state index contributed by atoms with van der Waals surface area (Å²) in [6.07, 6.45) is 6.72. The summed E-state index contributed by atoms with van der Waals surface area (Å²) in [6.45, 7) is 3.08. The zero-order chi connectivity index (χ0) is 19.6. The number of para-hydroxylation sites is 1. The van der Waals surface area contributed by atoms with Crippen LogP contribution < -0.4 is 5.73 Å². The van der Waals surface area contributed by atoms with Gasteiger partial charge in [-0.1, -0.05) is 84.5 Å². The monoisotopic (exact) mass is 450 g/mol. The summed E-state index contributed by atoms with van der Waals surface area (Å²) in [4.78, 5) is 2.53. The van der Waals surface area contributed by atoms with Gasteiger partial charge in [0.2, 0.25) is 0 Å². The molecule has 5 rings (SSSR count). The SMILES string of the molecule is Cl.Cl.Nc1ccccc1CN1CCC(=C2c3ccccc3C=Cc3ccccc32)CC1. The van der Waals surface area contributed by atoms with Crippen molar-refractivity contribution >= 4 is 48.2 Å². The van der Waals surface area contributed by atoms with Crippen molar-refractivity contribution in [2.24, 2.45) is 0 Å². The van der Waals surface area contributed by atoms with Crippen molar-refractivity contribution in [3.8, 4) is 0 Å². The number of hydrogen-bond donors (Lipinski definition) is 1. The summed E-state index contributed by atoms with van der Waals surface area (Å²) < 4.78 is 0. The van der Waals surface area contributed by atoms with Crippen LogP contribution >= 0.6 is 24.8 Å². The predicted octanol–water partition coefficient (Wildman–Crippen LogP) is 6.69. The Morgan fingerprint density at radius 1 is 0.677 bits per heavy atom. The summed E-state index contributed by atoms with van der Waals surface area (Å²) in [7, 11) is 0. The number of fused-ring (bicyclic) bond motifs is 2. The Hall–Kier alpha value is -2.52. The Kier molecular flexibility index (Phi) is 7.61. The Morgan fingerprint density at radius 2 is 1.19 bits per heavy atom.